The molecule has 1 aliphatic heterocycles. The Kier molecular flexibility index (Phi) is 4.12. The van der Waals surface area contributed by atoms with Crippen molar-refractivity contribution in [1.29, 1.82) is 0 Å². The maximum Gasteiger partial charge on any atom is 0.226 e. The van der Waals surface area contributed by atoms with Crippen molar-refractivity contribution in [2.75, 3.05) is 20.1 Å². The highest BCUT2D eigenvalue weighted by atomic mass is 32.1. The number of aromatic nitrogens is 1. The van der Waals surface area contributed by atoms with Crippen LogP contribution in [0.15, 0.2) is 5.38 Å². The first kappa shape index (κ1) is 12.5. The van der Waals surface area contributed by atoms with Crippen LogP contribution in [0.2, 0.25) is 0 Å². The van der Waals surface area contributed by atoms with E-state index in [0.29, 0.717) is 12.5 Å². The molecule has 1 unspecified atom stereocenters. The summed E-state index contributed by atoms with van der Waals surface area (Å²) in [6.07, 6.45) is 2.83. The van der Waals surface area contributed by atoms with Gasteiger partial charge in [-0.1, -0.05) is 0 Å². The Morgan fingerprint density at radius 3 is 3.12 bits per heavy atom. The van der Waals surface area contributed by atoms with Crippen molar-refractivity contribution < 1.29 is 4.79 Å². The SMILES string of the molecule is Cc1nc(CC(=O)NCC2CCCN2C)cs1. The Balaban J connectivity index is 1.74. The minimum absolute atomic E-state index is 0.0793. The molecule has 1 amide bonds. The molecule has 1 aromatic heterocycles. The minimum Gasteiger partial charge on any atom is -0.354 e. The van der Waals surface area contributed by atoms with Gasteiger partial charge in [0, 0.05) is 18.0 Å². The first-order valence-corrected chi connectivity index (χ1v) is 6.91. The van der Waals surface area contributed by atoms with Crippen LogP contribution in [0.3, 0.4) is 0 Å². The predicted molar refractivity (Wildman–Crippen MR) is 69.2 cm³/mol. The van der Waals surface area contributed by atoms with Crippen LogP contribution in [-0.2, 0) is 11.2 Å². The number of likely N-dealkylation sites (N-methyl/N-ethyl adjacent to an activating group) is 1. The summed E-state index contributed by atoms with van der Waals surface area (Å²) in [7, 11) is 2.12. The summed E-state index contributed by atoms with van der Waals surface area (Å²) >= 11 is 1.59. The number of carbonyl (C=O) groups is 1. The summed E-state index contributed by atoms with van der Waals surface area (Å²) < 4.78 is 0. The normalized spacial score (nSPS) is 20.7. The lowest BCUT2D eigenvalue weighted by Crippen LogP contribution is -2.38. The lowest BCUT2D eigenvalue weighted by molar-refractivity contribution is -0.120. The number of hydrogen-bond acceptors (Lipinski definition) is 4. The molecule has 4 nitrogen and oxygen atoms in total. The van der Waals surface area contributed by atoms with Crippen LogP contribution < -0.4 is 5.32 Å². The van der Waals surface area contributed by atoms with Gasteiger partial charge in [-0.3, -0.25) is 4.79 Å². The van der Waals surface area contributed by atoms with E-state index < -0.39 is 0 Å². The lowest BCUT2D eigenvalue weighted by atomic mass is 10.2. The van der Waals surface area contributed by atoms with E-state index in [-0.39, 0.29) is 5.91 Å². The van der Waals surface area contributed by atoms with Crippen LogP contribution in [0.1, 0.15) is 23.5 Å². The number of nitrogens with zero attached hydrogens (tertiary/aromatic N) is 2. The summed E-state index contributed by atoms with van der Waals surface area (Å²) in [6, 6.07) is 0.510. The average molecular weight is 253 g/mol. The second-order valence-electron chi connectivity index (χ2n) is 4.62. The molecule has 0 aliphatic carbocycles. The van der Waals surface area contributed by atoms with Gasteiger partial charge in [0.05, 0.1) is 17.1 Å². The van der Waals surface area contributed by atoms with E-state index in [1.54, 1.807) is 11.3 Å². The fraction of sp³-hybridized carbons (Fsp3) is 0.667. The molecule has 1 aliphatic rings. The van der Waals surface area contributed by atoms with Crippen molar-refractivity contribution in [3.8, 4) is 0 Å². The van der Waals surface area contributed by atoms with Gasteiger partial charge in [0.1, 0.15) is 0 Å². The molecule has 0 bridgehead atoms. The standard InChI is InChI=1S/C12H19N3OS/c1-9-14-10(8-17-9)6-12(16)13-7-11-4-3-5-15(11)2/h8,11H,3-7H2,1-2H3,(H,13,16). The van der Waals surface area contributed by atoms with Crippen LogP contribution >= 0.6 is 11.3 Å². The molecule has 0 spiro atoms. The number of carbonyl (C=O) groups excluding carboxylic acids is 1. The van der Waals surface area contributed by atoms with Crippen LogP contribution in [0.5, 0.6) is 0 Å². The third-order valence-electron chi connectivity index (χ3n) is 3.21. The van der Waals surface area contributed by atoms with Crippen LogP contribution in [-0.4, -0.2) is 42.0 Å². The van der Waals surface area contributed by atoms with Gasteiger partial charge in [0.25, 0.3) is 0 Å². The molecule has 1 aromatic rings. The Labute approximate surface area is 106 Å². The predicted octanol–water partition coefficient (Wildman–Crippen LogP) is 1.20. The van der Waals surface area contributed by atoms with Crippen LogP contribution in [0, 0.1) is 6.92 Å². The molecule has 1 atom stereocenters. The van der Waals surface area contributed by atoms with E-state index in [1.165, 1.54) is 12.8 Å². The highest BCUT2D eigenvalue weighted by Crippen LogP contribution is 2.13. The maximum atomic E-state index is 11.7. The van der Waals surface area contributed by atoms with Gasteiger partial charge in [0.15, 0.2) is 0 Å². The van der Waals surface area contributed by atoms with Gasteiger partial charge in [-0.15, -0.1) is 11.3 Å². The van der Waals surface area contributed by atoms with Gasteiger partial charge < -0.3 is 10.2 Å². The van der Waals surface area contributed by atoms with Gasteiger partial charge in [-0.2, -0.15) is 0 Å². The van der Waals surface area contributed by atoms with Crippen LogP contribution in [0.4, 0.5) is 0 Å². The Bertz CT molecular complexity index is 391. The first-order chi connectivity index (χ1) is 8.15. The number of rotatable bonds is 4. The van der Waals surface area contributed by atoms with Crippen molar-refractivity contribution in [2.24, 2.45) is 0 Å². The molecule has 0 aromatic carbocycles. The number of thiazole rings is 1. The fourth-order valence-electron chi connectivity index (χ4n) is 2.19. The van der Waals surface area contributed by atoms with Crippen molar-refractivity contribution in [3.05, 3.63) is 16.1 Å². The van der Waals surface area contributed by atoms with Crippen molar-refractivity contribution in [1.82, 2.24) is 15.2 Å². The Morgan fingerprint density at radius 2 is 2.53 bits per heavy atom. The van der Waals surface area contributed by atoms with Crippen molar-refractivity contribution in [3.63, 3.8) is 0 Å². The molecule has 0 radical (unpaired) electrons. The maximum absolute atomic E-state index is 11.7. The molecule has 94 valence electrons. The highest BCUT2D eigenvalue weighted by molar-refractivity contribution is 7.09. The van der Waals surface area contributed by atoms with E-state index in [4.69, 9.17) is 0 Å². The van der Waals surface area contributed by atoms with E-state index in [2.05, 4.69) is 22.2 Å². The van der Waals surface area contributed by atoms with E-state index >= 15 is 0 Å². The minimum atomic E-state index is 0.0793. The topological polar surface area (TPSA) is 45.2 Å². The molecular weight excluding hydrogens is 234 g/mol. The molecule has 1 fully saturated rings. The lowest BCUT2D eigenvalue weighted by Gasteiger charge is -2.19. The molecule has 0 saturated carbocycles. The van der Waals surface area contributed by atoms with Gasteiger partial charge in [0.2, 0.25) is 5.91 Å². The van der Waals surface area contributed by atoms with E-state index in [9.17, 15) is 4.79 Å². The van der Waals surface area contributed by atoms with Gasteiger partial charge in [-0.25, -0.2) is 4.98 Å². The second kappa shape index (κ2) is 5.60. The highest BCUT2D eigenvalue weighted by Gasteiger charge is 2.21. The monoisotopic (exact) mass is 253 g/mol. The molecule has 1 N–H and O–H groups in total. The Morgan fingerprint density at radius 1 is 1.71 bits per heavy atom. The fourth-order valence-corrected chi connectivity index (χ4v) is 2.80. The van der Waals surface area contributed by atoms with E-state index in [1.807, 2.05) is 12.3 Å². The molecule has 2 rings (SSSR count). The summed E-state index contributed by atoms with van der Waals surface area (Å²) in [5.74, 6) is 0.0793. The second-order valence-corrected chi connectivity index (χ2v) is 5.68. The smallest absolute Gasteiger partial charge is 0.226 e. The quantitative estimate of drug-likeness (QED) is 0.877. The number of hydrogen-bond donors (Lipinski definition) is 1. The van der Waals surface area contributed by atoms with E-state index in [0.717, 1.165) is 23.8 Å². The molecule has 17 heavy (non-hydrogen) atoms. The zero-order chi connectivity index (χ0) is 12.3. The molecule has 2 heterocycles. The first-order valence-electron chi connectivity index (χ1n) is 6.03. The average Bonchev–Trinajstić information content (AvgIpc) is 2.85. The molecular formula is C12H19N3OS. The third-order valence-corrected chi connectivity index (χ3v) is 4.04. The van der Waals surface area contributed by atoms with Crippen molar-refractivity contribution in [2.45, 2.75) is 32.2 Å². The van der Waals surface area contributed by atoms with Crippen LogP contribution in [0.25, 0.3) is 0 Å². The zero-order valence-corrected chi connectivity index (χ0v) is 11.2. The Hall–Kier alpha value is -0.940. The number of amides is 1. The van der Waals surface area contributed by atoms with Gasteiger partial charge in [-0.05, 0) is 33.4 Å². The largest absolute Gasteiger partial charge is 0.354 e. The summed E-state index contributed by atoms with van der Waals surface area (Å²) in [5, 5.41) is 5.97. The molecule has 1 saturated heterocycles. The zero-order valence-electron chi connectivity index (χ0n) is 10.4. The summed E-state index contributed by atoms with van der Waals surface area (Å²) in [4.78, 5) is 18.3. The van der Waals surface area contributed by atoms with Crippen molar-refractivity contribution >= 4 is 17.2 Å². The van der Waals surface area contributed by atoms with Gasteiger partial charge >= 0.3 is 0 Å². The molecule has 5 heteroatoms. The number of aryl methyl sites for hydroxylation is 1. The number of likely N-dealkylation sites (tertiary alicyclic amines) is 1. The third kappa shape index (κ3) is 3.51. The summed E-state index contributed by atoms with van der Waals surface area (Å²) in [6.45, 7) is 3.86. The number of nitrogens with one attached hydrogen (secondary N) is 1. The summed E-state index contributed by atoms with van der Waals surface area (Å²) in [5.41, 5.74) is 0.879.